The average Bonchev–Trinajstić information content (AvgIpc) is 1.77. The van der Waals surface area contributed by atoms with Gasteiger partial charge in [-0.2, -0.15) is 10.6 Å². The fraction of sp³-hybridized carbons (Fsp3) is 1.00. The summed E-state index contributed by atoms with van der Waals surface area (Å²) in [5, 5.41) is 2.63. The second-order valence-electron chi connectivity index (χ2n) is 6.11. The molecule has 0 heterocycles. The van der Waals surface area contributed by atoms with Gasteiger partial charge in [-0.1, -0.05) is 39.5 Å². The molecule has 0 aromatic rings. The summed E-state index contributed by atoms with van der Waals surface area (Å²) in [6.45, 7) is 15.7. The smallest absolute Gasteiger partial charge is 0.137 e. The SMILES string of the molecule is CC(C)[CH2][Al-]([CH2]C(C)C)[O]C(C)(C)C. The second kappa shape index (κ2) is 6.16. The quantitative estimate of drug-likeness (QED) is 0.626. The average molecular weight is 214 g/mol. The van der Waals surface area contributed by atoms with Crippen molar-refractivity contribution in [2.75, 3.05) is 0 Å². The molecule has 0 spiro atoms. The maximum atomic E-state index is 6.20. The van der Waals surface area contributed by atoms with Crippen LogP contribution in [-0.4, -0.2) is 20.1 Å². The van der Waals surface area contributed by atoms with E-state index in [1.165, 1.54) is 10.6 Å². The molecule has 0 bridgehead atoms. The molecule has 0 fully saturated rings. The van der Waals surface area contributed by atoms with E-state index in [0.717, 1.165) is 11.8 Å². The molecular weight excluding hydrogens is 187 g/mol. The Morgan fingerprint density at radius 2 is 1.29 bits per heavy atom. The molecule has 0 atom stereocenters. The molecule has 0 aromatic heterocycles. The molecule has 0 aliphatic rings. The van der Waals surface area contributed by atoms with E-state index >= 15 is 0 Å². The van der Waals surface area contributed by atoms with Crippen LogP contribution in [0.1, 0.15) is 48.5 Å². The van der Waals surface area contributed by atoms with Gasteiger partial charge in [-0.05, 0) is 26.4 Å². The topological polar surface area (TPSA) is 9.23 Å². The Morgan fingerprint density at radius 3 is 1.50 bits per heavy atom. The summed E-state index contributed by atoms with van der Waals surface area (Å²) in [5.74, 6) is 1.57. The van der Waals surface area contributed by atoms with Crippen LogP contribution in [0.5, 0.6) is 0 Å². The maximum absolute atomic E-state index is 6.20. The molecule has 1 radical (unpaired) electrons. The van der Waals surface area contributed by atoms with Crippen molar-refractivity contribution in [2.45, 2.75) is 64.6 Å². The van der Waals surface area contributed by atoms with Gasteiger partial charge in [-0.15, -0.1) is 0 Å². The predicted octanol–water partition coefficient (Wildman–Crippen LogP) is 4.11. The highest BCUT2D eigenvalue weighted by Gasteiger charge is 2.13. The first-order valence-electron chi connectivity index (χ1n) is 5.88. The lowest BCUT2D eigenvalue weighted by Crippen LogP contribution is -2.32. The maximum Gasteiger partial charge on any atom is 0.137 e. The van der Waals surface area contributed by atoms with Gasteiger partial charge in [-0.25, -0.2) is 0 Å². The lowest BCUT2D eigenvalue weighted by Gasteiger charge is -2.39. The zero-order valence-electron chi connectivity index (χ0n) is 11.1. The summed E-state index contributed by atoms with van der Waals surface area (Å²) in [6, 6.07) is 0. The standard InChI is InChI=1S/C4H9O.2C4H9.Al/c1-4(2,3)5;2*1-4(2)3;/h1-3H3;2*4H,1H2,2-3H3;/q-1;;;. The van der Waals surface area contributed by atoms with Crippen molar-refractivity contribution in [3.05, 3.63) is 0 Å². The Balaban J connectivity index is 4.11. The highest BCUT2D eigenvalue weighted by Crippen LogP contribution is 2.20. The lowest BCUT2D eigenvalue weighted by atomic mass is 10.2. The summed E-state index contributed by atoms with van der Waals surface area (Å²) in [7, 11) is 0. The minimum absolute atomic E-state index is 0.0562. The Kier molecular flexibility index (Phi) is 6.37. The van der Waals surface area contributed by atoms with Crippen LogP contribution in [0.4, 0.5) is 0 Å². The van der Waals surface area contributed by atoms with Crippen molar-refractivity contribution >= 4 is 14.5 Å². The molecule has 0 rings (SSSR count). The molecule has 1 nitrogen and oxygen atoms in total. The van der Waals surface area contributed by atoms with Gasteiger partial charge in [0.15, 0.2) is 0 Å². The van der Waals surface area contributed by atoms with Gasteiger partial charge in [-0.3, -0.25) is 0 Å². The van der Waals surface area contributed by atoms with Gasteiger partial charge in [0.05, 0.1) is 0 Å². The van der Waals surface area contributed by atoms with E-state index in [-0.39, 0.29) is 5.60 Å². The van der Waals surface area contributed by atoms with Crippen molar-refractivity contribution in [1.29, 1.82) is 0 Å². The van der Waals surface area contributed by atoms with Crippen LogP contribution >= 0.6 is 0 Å². The van der Waals surface area contributed by atoms with E-state index in [2.05, 4.69) is 48.5 Å². The third-order valence-electron chi connectivity index (χ3n) is 1.99. The van der Waals surface area contributed by atoms with Crippen LogP contribution in [0.3, 0.4) is 0 Å². The van der Waals surface area contributed by atoms with Crippen LogP contribution in [0, 0.1) is 11.8 Å². The van der Waals surface area contributed by atoms with Gasteiger partial charge in [0.2, 0.25) is 0 Å². The van der Waals surface area contributed by atoms with E-state index < -0.39 is 14.5 Å². The first kappa shape index (κ1) is 14.5. The molecule has 0 aliphatic carbocycles. The lowest BCUT2D eigenvalue weighted by molar-refractivity contribution is 0.125. The Bertz CT molecular complexity index is 137. The van der Waals surface area contributed by atoms with Crippen molar-refractivity contribution in [2.24, 2.45) is 11.8 Å². The normalized spacial score (nSPS) is 13.3. The second-order valence-corrected chi connectivity index (χ2v) is 8.53. The van der Waals surface area contributed by atoms with Crippen LogP contribution in [0.25, 0.3) is 0 Å². The molecule has 0 aliphatic heterocycles. The predicted molar refractivity (Wildman–Crippen MR) is 65.9 cm³/mol. The Hall–Kier alpha value is 0.492. The molecule has 0 N–H and O–H groups in total. The Labute approximate surface area is 95.0 Å². The first-order valence-corrected chi connectivity index (χ1v) is 7.99. The number of hydrogen-bond acceptors (Lipinski definition) is 1. The fourth-order valence-corrected chi connectivity index (χ4v) is 5.23. The van der Waals surface area contributed by atoms with Gasteiger partial charge < -0.3 is 3.79 Å². The summed E-state index contributed by atoms with van der Waals surface area (Å²) in [6.07, 6.45) is 0. The third kappa shape index (κ3) is 9.06. The third-order valence-corrected chi connectivity index (χ3v) is 5.97. The minimum Gasteiger partial charge on any atom is -0.674 e. The largest absolute Gasteiger partial charge is 0.674 e. The molecule has 0 aromatic carbocycles. The molecule has 2 heteroatoms. The monoisotopic (exact) mass is 214 g/mol. The molecule has 0 saturated heterocycles. The highest BCUT2D eigenvalue weighted by atomic mass is 27.2. The van der Waals surface area contributed by atoms with Crippen LogP contribution in [0.2, 0.25) is 10.6 Å². The number of rotatable bonds is 5. The van der Waals surface area contributed by atoms with Gasteiger partial charge in [0, 0.05) is 0 Å². The summed E-state index contributed by atoms with van der Waals surface area (Å²) >= 11 is -0.975. The summed E-state index contributed by atoms with van der Waals surface area (Å²) in [4.78, 5) is 0. The zero-order valence-corrected chi connectivity index (χ0v) is 12.2. The summed E-state index contributed by atoms with van der Waals surface area (Å²) < 4.78 is 6.20. The molecule has 0 amide bonds. The van der Waals surface area contributed by atoms with E-state index in [1.54, 1.807) is 0 Å². The van der Waals surface area contributed by atoms with E-state index in [4.69, 9.17) is 3.79 Å². The minimum atomic E-state index is -0.975. The van der Waals surface area contributed by atoms with Crippen LogP contribution in [-0.2, 0) is 3.79 Å². The number of hydrogen-bond donors (Lipinski definition) is 0. The zero-order chi connectivity index (χ0) is 11.4. The summed E-state index contributed by atoms with van der Waals surface area (Å²) in [5.41, 5.74) is 0.0562. The van der Waals surface area contributed by atoms with Crippen molar-refractivity contribution in [3.63, 3.8) is 0 Å². The Morgan fingerprint density at radius 1 is 0.929 bits per heavy atom. The molecule has 0 unspecified atom stereocenters. The van der Waals surface area contributed by atoms with Crippen LogP contribution < -0.4 is 0 Å². The van der Waals surface area contributed by atoms with Crippen LogP contribution in [0.15, 0.2) is 0 Å². The van der Waals surface area contributed by atoms with E-state index in [0.29, 0.717) is 0 Å². The first-order chi connectivity index (χ1) is 6.20. The fourth-order valence-electron chi connectivity index (χ4n) is 1.74. The van der Waals surface area contributed by atoms with Gasteiger partial charge >= 0.3 is 0 Å². The molecule has 14 heavy (non-hydrogen) atoms. The van der Waals surface area contributed by atoms with Crippen molar-refractivity contribution < 1.29 is 3.79 Å². The van der Waals surface area contributed by atoms with Gasteiger partial charge in [0.1, 0.15) is 14.5 Å². The van der Waals surface area contributed by atoms with Gasteiger partial charge in [0.25, 0.3) is 0 Å². The highest BCUT2D eigenvalue weighted by molar-refractivity contribution is 6.52. The molecule has 0 saturated carbocycles. The van der Waals surface area contributed by atoms with Crippen molar-refractivity contribution in [3.8, 4) is 0 Å². The van der Waals surface area contributed by atoms with Crippen molar-refractivity contribution in [1.82, 2.24) is 0 Å². The molecule has 85 valence electrons. The van der Waals surface area contributed by atoms with E-state index in [1.807, 2.05) is 0 Å². The molecular formula is C12H27AlO-. The van der Waals surface area contributed by atoms with E-state index in [9.17, 15) is 0 Å².